The SMILES string of the molecule is Cc1nc2cc(-c3cccc(-c4ccccc4)c3)nn2c(N2CCOCC2)c1[C@H](O)C(=O)O. The fraction of sp³-hybridized carbons (Fsp3) is 0.240. The fourth-order valence-electron chi connectivity index (χ4n) is 4.27. The molecule has 0 unspecified atom stereocenters. The van der Waals surface area contributed by atoms with E-state index in [9.17, 15) is 15.0 Å². The highest BCUT2D eigenvalue weighted by Gasteiger charge is 2.30. The molecule has 2 aromatic heterocycles. The van der Waals surface area contributed by atoms with Gasteiger partial charge in [-0.25, -0.2) is 9.78 Å². The van der Waals surface area contributed by atoms with E-state index in [4.69, 9.17) is 9.84 Å². The summed E-state index contributed by atoms with van der Waals surface area (Å²) in [5, 5.41) is 24.8. The Kier molecular flexibility index (Phi) is 5.53. The summed E-state index contributed by atoms with van der Waals surface area (Å²) in [5.74, 6) is -0.780. The number of rotatable bonds is 5. The van der Waals surface area contributed by atoms with Crippen LogP contribution in [-0.2, 0) is 9.53 Å². The number of aryl methyl sites for hydroxylation is 1. The molecule has 33 heavy (non-hydrogen) atoms. The molecular formula is C25H24N4O4. The Hall–Kier alpha value is -3.75. The second-order valence-electron chi connectivity index (χ2n) is 8.02. The van der Waals surface area contributed by atoms with Crippen LogP contribution >= 0.6 is 0 Å². The molecule has 0 bridgehead atoms. The van der Waals surface area contributed by atoms with Crippen LogP contribution in [0.2, 0.25) is 0 Å². The average molecular weight is 444 g/mol. The van der Waals surface area contributed by atoms with Gasteiger partial charge in [0.2, 0.25) is 0 Å². The Morgan fingerprint density at radius 1 is 1.00 bits per heavy atom. The lowest BCUT2D eigenvalue weighted by Crippen LogP contribution is -2.39. The van der Waals surface area contributed by atoms with Crippen LogP contribution in [0, 0.1) is 6.92 Å². The largest absolute Gasteiger partial charge is 0.479 e. The number of nitrogens with zero attached hydrogens (tertiary/aromatic N) is 4. The van der Waals surface area contributed by atoms with Crippen LogP contribution in [0.5, 0.6) is 0 Å². The van der Waals surface area contributed by atoms with E-state index in [1.807, 2.05) is 41.3 Å². The number of hydrogen-bond donors (Lipinski definition) is 2. The molecule has 1 saturated heterocycles. The van der Waals surface area contributed by atoms with Gasteiger partial charge >= 0.3 is 5.97 Å². The van der Waals surface area contributed by atoms with Gasteiger partial charge in [-0.15, -0.1) is 0 Å². The number of carboxylic acid groups (broad SMARTS) is 1. The third kappa shape index (κ3) is 3.94. The molecule has 1 atom stereocenters. The molecule has 168 valence electrons. The molecule has 4 aromatic rings. The first kappa shape index (κ1) is 21.1. The van der Waals surface area contributed by atoms with Crippen LogP contribution in [0.1, 0.15) is 17.4 Å². The van der Waals surface area contributed by atoms with Crippen molar-refractivity contribution in [2.45, 2.75) is 13.0 Å². The molecule has 1 aliphatic rings. The lowest BCUT2D eigenvalue weighted by molar-refractivity contribution is -0.147. The number of fused-ring (bicyclic) bond motifs is 1. The Labute approximate surface area is 190 Å². The smallest absolute Gasteiger partial charge is 0.337 e. The van der Waals surface area contributed by atoms with Gasteiger partial charge in [-0.2, -0.15) is 9.61 Å². The van der Waals surface area contributed by atoms with Gasteiger partial charge in [0.25, 0.3) is 0 Å². The summed E-state index contributed by atoms with van der Waals surface area (Å²) in [6.07, 6.45) is -1.70. The van der Waals surface area contributed by atoms with Crippen molar-refractivity contribution >= 4 is 17.4 Å². The summed E-state index contributed by atoms with van der Waals surface area (Å²) in [4.78, 5) is 18.3. The van der Waals surface area contributed by atoms with Crippen LogP contribution in [0.25, 0.3) is 28.0 Å². The van der Waals surface area contributed by atoms with E-state index in [0.29, 0.717) is 43.5 Å². The number of carboxylic acids is 1. The first-order chi connectivity index (χ1) is 16.0. The summed E-state index contributed by atoms with van der Waals surface area (Å²) in [6, 6.07) is 20.1. The van der Waals surface area contributed by atoms with Crippen LogP contribution in [0.15, 0.2) is 60.7 Å². The Bertz CT molecular complexity index is 1310. The monoisotopic (exact) mass is 444 g/mol. The predicted molar refractivity (Wildman–Crippen MR) is 124 cm³/mol. The molecule has 0 radical (unpaired) electrons. The van der Waals surface area contributed by atoms with Crippen LogP contribution in [-0.4, -0.2) is 57.1 Å². The fourth-order valence-corrected chi connectivity index (χ4v) is 4.27. The van der Waals surface area contributed by atoms with Gasteiger partial charge in [0.1, 0.15) is 5.82 Å². The molecule has 0 spiro atoms. The van der Waals surface area contributed by atoms with Gasteiger partial charge in [0, 0.05) is 30.4 Å². The zero-order valence-electron chi connectivity index (χ0n) is 18.2. The van der Waals surface area contributed by atoms with E-state index in [1.54, 1.807) is 11.4 Å². The highest BCUT2D eigenvalue weighted by Crippen LogP contribution is 2.33. The number of benzene rings is 2. The molecule has 1 aliphatic heterocycles. The zero-order chi connectivity index (χ0) is 22.9. The third-order valence-corrected chi connectivity index (χ3v) is 5.89. The highest BCUT2D eigenvalue weighted by atomic mass is 16.5. The Balaban J connectivity index is 1.67. The first-order valence-corrected chi connectivity index (χ1v) is 10.8. The normalized spacial score (nSPS) is 15.0. The van der Waals surface area contributed by atoms with Crippen molar-refractivity contribution in [2.75, 3.05) is 31.2 Å². The molecule has 0 saturated carbocycles. The highest BCUT2D eigenvalue weighted by molar-refractivity contribution is 5.79. The quantitative estimate of drug-likeness (QED) is 0.487. The summed E-state index contributed by atoms with van der Waals surface area (Å²) in [5.41, 5.74) is 5.13. The zero-order valence-corrected chi connectivity index (χ0v) is 18.2. The van der Waals surface area contributed by atoms with Crippen molar-refractivity contribution in [1.29, 1.82) is 0 Å². The van der Waals surface area contributed by atoms with E-state index in [2.05, 4.69) is 29.2 Å². The molecule has 0 amide bonds. The molecule has 8 nitrogen and oxygen atoms in total. The minimum absolute atomic E-state index is 0.254. The number of carbonyl (C=O) groups is 1. The van der Waals surface area contributed by atoms with Gasteiger partial charge in [-0.1, -0.05) is 48.5 Å². The molecule has 1 fully saturated rings. The second kappa shape index (κ2) is 8.65. The minimum atomic E-state index is -1.70. The summed E-state index contributed by atoms with van der Waals surface area (Å²) >= 11 is 0. The van der Waals surface area contributed by atoms with E-state index in [1.165, 1.54) is 0 Å². The molecule has 8 heteroatoms. The number of morpholine rings is 1. The molecule has 0 aliphatic carbocycles. The van der Waals surface area contributed by atoms with Crippen molar-refractivity contribution in [3.8, 4) is 22.4 Å². The third-order valence-electron chi connectivity index (χ3n) is 5.89. The number of aliphatic carboxylic acids is 1. The Morgan fingerprint density at radius 2 is 1.70 bits per heavy atom. The van der Waals surface area contributed by atoms with E-state index < -0.39 is 12.1 Å². The standard InChI is InChI=1S/C25H24N4O4/c1-16-22(23(30)25(31)32)24(28-10-12-33-13-11-28)29-21(26-16)15-20(27-29)19-9-5-8-18(14-19)17-6-3-2-4-7-17/h2-9,14-15,23,30H,10-13H2,1H3,(H,31,32)/t23-/m0/s1. The van der Waals surface area contributed by atoms with Gasteiger partial charge in [0.15, 0.2) is 11.8 Å². The maximum Gasteiger partial charge on any atom is 0.337 e. The van der Waals surface area contributed by atoms with Gasteiger partial charge in [0.05, 0.1) is 24.5 Å². The van der Waals surface area contributed by atoms with Crippen molar-refractivity contribution in [3.63, 3.8) is 0 Å². The molecule has 5 rings (SSSR count). The van der Waals surface area contributed by atoms with Crippen LogP contribution in [0.4, 0.5) is 5.82 Å². The average Bonchev–Trinajstić information content (AvgIpc) is 3.27. The topological polar surface area (TPSA) is 100 Å². The minimum Gasteiger partial charge on any atom is -0.479 e. The molecule has 2 aromatic carbocycles. The first-order valence-electron chi connectivity index (χ1n) is 10.8. The lowest BCUT2D eigenvalue weighted by Gasteiger charge is -2.31. The van der Waals surface area contributed by atoms with E-state index >= 15 is 0 Å². The summed E-state index contributed by atoms with van der Waals surface area (Å²) in [6.45, 7) is 3.87. The van der Waals surface area contributed by atoms with E-state index in [0.717, 1.165) is 22.4 Å². The maximum absolute atomic E-state index is 11.7. The van der Waals surface area contributed by atoms with Crippen molar-refractivity contribution in [1.82, 2.24) is 14.6 Å². The van der Waals surface area contributed by atoms with Crippen molar-refractivity contribution < 1.29 is 19.7 Å². The number of aliphatic hydroxyl groups is 1. The van der Waals surface area contributed by atoms with Gasteiger partial charge in [-0.05, 0) is 24.1 Å². The predicted octanol–water partition coefficient (Wildman–Crippen LogP) is 3.33. The Morgan fingerprint density at radius 3 is 2.42 bits per heavy atom. The lowest BCUT2D eigenvalue weighted by atomic mass is 10.0. The second-order valence-corrected chi connectivity index (χ2v) is 8.02. The number of ether oxygens (including phenoxy) is 1. The maximum atomic E-state index is 11.7. The van der Waals surface area contributed by atoms with Crippen LogP contribution in [0.3, 0.4) is 0 Å². The summed E-state index contributed by atoms with van der Waals surface area (Å²) < 4.78 is 7.12. The summed E-state index contributed by atoms with van der Waals surface area (Å²) in [7, 11) is 0. The van der Waals surface area contributed by atoms with Gasteiger partial charge < -0.3 is 19.8 Å². The number of anilines is 1. The molecule has 2 N–H and O–H groups in total. The number of aliphatic hydroxyl groups excluding tert-OH is 1. The van der Waals surface area contributed by atoms with Crippen molar-refractivity contribution in [3.05, 3.63) is 71.9 Å². The molecular weight excluding hydrogens is 420 g/mol. The van der Waals surface area contributed by atoms with Crippen LogP contribution < -0.4 is 4.90 Å². The van der Waals surface area contributed by atoms with Crippen molar-refractivity contribution in [2.24, 2.45) is 0 Å². The number of aromatic nitrogens is 3. The van der Waals surface area contributed by atoms with Gasteiger partial charge in [-0.3, -0.25) is 0 Å². The van der Waals surface area contributed by atoms with E-state index in [-0.39, 0.29) is 5.56 Å². The molecule has 3 heterocycles. The number of hydrogen-bond acceptors (Lipinski definition) is 6.